The van der Waals surface area contributed by atoms with Crippen LogP contribution in [0.4, 0.5) is 0 Å². The number of aromatic amines is 1. The molecule has 2 heterocycles. The third-order valence-electron chi connectivity index (χ3n) is 17.8. The van der Waals surface area contributed by atoms with Gasteiger partial charge >= 0.3 is 0 Å². The van der Waals surface area contributed by atoms with Crippen LogP contribution in [0.25, 0.3) is 11.0 Å². The van der Waals surface area contributed by atoms with Gasteiger partial charge in [0.15, 0.2) is 0 Å². The van der Waals surface area contributed by atoms with E-state index in [2.05, 4.69) is 37.8 Å². The van der Waals surface area contributed by atoms with Crippen molar-refractivity contribution in [2.75, 3.05) is 55.9 Å². The molecule has 1 aliphatic heterocycles. The number of nitrogens with zero attached hydrogens (tertiary/aromatic N) is 8. The van der Waals surface area contributed by atoms with E-state index in [1.807, 2.05) is 55.4 Å². The summed E-state index contributed by atoms with van der Waals surface area (Å²) < 4.78 is 0. The van der Waals surface area contributed by atoms with Gasteiger partial charge in [0.1, 0.15) is 66.0 Å². The van der Waals surface area contributed by atoms with Crippen LogP contribution in [-0.4, -0.2) is 237 Å². The highest BCUT2D eigenvalue weighted by Crippen LogP contribution is 2.27. The molecule has 1 aliphatic rings. The SMILES string of the molecule is C=C1N[C@@H](C)C(=O)N[C@H](C)C(=O)N(C)[C@@H](CC(C)C)C(=O)N(C)[C@@H](CC(C)C)C(=O)N(C)[C@@H](C(C)C)C(=O)N(C)[C@@H]([C@H](O)[C@H](C)Cc2nc3ccc(C(=N)N)cc3[nH]2)C(=O)N[C@@H](CC)C(=O)N(C)CC(=O)N(C)[C@@H](CC(C)C)C(=O)N[C@@H](C(C)C)C(=O)N(C)[C@H]1CC(C)C. The number of aliphatic hydroxyl groups is 1. The van der Waals surface area contributed by atoms with Gasteiger partial charge in [0.05, 0.1) is 29.7 Å². The molecule has 1 fully saturated rings. The fourth-order valence-corrected chi connectivity index (χ4v) is 12.1. The summed E-state index contributed by atoms with van der Waals surface area (Å²) in [5.74, 6) is -8.63. The summed E-state index contributed by atoms with van der Waals surface area (Å²) >= 11 is 0. The van der Waals surface area contributed by atoms with Crippen LogP contribution in [0.1, 0.15) is 154 Å². The molecule has 9 N–H and O–H groups in total. The van der Waals surface area contributed by atoms with Crippen LogP contribution in [0.3, 0.4) is 0 Å². The number of carbonyl (C=O) groups is 10. The number of hydrogen-bond donors (Lipinski definition) is 8. The molecule has 1 aromatic carbocycles. The third-order valence-corrected chi connectivity index (χ3v) is 17.8. The van der Waals surface area contributed by atoms with Gasteiger partial charge in [-0.1, -0.05) is 104 Å². The van der Waals surface area contributed by atoms with Crippen LogP contribution in [0.5, 0.6) is 0 Å². The number of carbonyl (C=O) groups excluding carboxylic acids is 10. The number of likely N-dealkylation sites (N-methyl/N-ethyl adjacent to an activating group) is 7. The summed E-state index contributed by atoms with van der Waals surface area (Å²) in [5, 5.41) is 32.1. The summed E-state index contributed by atoms with van der Waals surface area (Å²) in [6, 6.07) is -6.77. The molecule has 1 aromatic heterocycles. The number of amides is 10. The number of rotatable bonds is 16. The van der Waals surface area contributed by atoms with Gasteiger partial charge in [0, 0.05) is 67.0 Å². The second kappa shape index (κ2) is 35.2. The lowest BCUT2D eigenvalue weighted by Gasteiger charge is -2.41. The predicted octanol–water partition coefficient (Wildman–Crippen LogP) is 3.69. The van der Waals surface area contributed by atoms with Crippen molar-refractivity contribution in [3.63, 3.8) is 0 Å². The molecule has 0 aliphatic carbocycles. The number of amidine groups is 1. The van der Waals surface area contributed by atoms with Crippen LogP contribution in [0.2, 0.25) is 0 Å². The second-order valence-corrected chi connectivity index (χ2v) is 28.5. The van der Waals surface area contributed by atoms with Crippen molar-refractivity contribution < 1.29 is 53.1 Å². The lowest BCUT2D eigenvalue weighted by molar-refractivity contribution is -0.157. The van der Waals surface area contributed by atoms with E-state index >= 15 is 19.2 Å². The number of nitrogens with one attached hydrogen (secondary N) is 6. The quantitative estimate of drug-likeness (QED) is 0.0878. The number of aliphatic hydroxyl groups excluding tert-OH is 1. The van der Waals surface area contributed by atoms with Gasteiger partial charge < -0.3 is 71.4 Å². The molecule has 0 bridgehead atoms. The number of aromatic nitrogens is 2. The number of nitrogen functional groups attached to an aromatic ring is 1. The van der Waals surface area contributed by atoms with Gasteiger partial charge in [-0.05, 0) is 106 Å². The highest BCUT2D eigenvalue weighted by molar-refractivity contribution is 6.00. The Hall–Kier alpha value is -7.64. The normalized spacial score (nSPS) is 25.4. The lowest BCUT2D eigenvalue weighted by atomic mass is 9.91. The summed E-state index contributed by atoms with van der Waals surface area (Å²) in [7, 11) is 10.1. The van der Waals surface area contributed by atoms with Gasteiger partial charge in [-0.3, -0.25) is 53.4 Å². The van der Waals surface area contributed by atoms with E-state index in [1.165, 1.54) is 73.7 Å². The van der Waals surface area contributed by atoms with E-state index in [-0.39, 0.29) is 61.6 Å². The molecule has 528 valence electrons. The third kappa shape index (κ3) is 20.9. The molecule has 26 nitrogen and oxygen atoms in total. The first-order chi connectivity index (χ1) is 43.5. The molecular formula is C68H115N15O11. The molecule has 0 spiro atoms. The molecule has 0 saturated carbocycles. The van der Waals surface area contributed by atoms with Crippen LogP contribution < -0.4 is 27.0 Å². The van der Waals surface area contributed by atoms with Crippen molar-refractivity contribution >= 4 is 75.9 Å². The van der Waals surface area contributed by atoms with Gasteiger partial charge in [-0.2, -0.15) is 0 Å². The Bertz CT molecular complexity index is 3020. The van der Waals surface area contributed by atoms with Crippen LogP contribution in [0, 0.1) is 46.8 Å². The van der Waals surface area contributed by atoms with Crippen molar-refractivity contribution in [3.8, 4) is 0 Å². The van der Waals surface area contributed by atoms with E-state index in [0.29, 0.717) is 34.5 Å². The monoisotopic (exact) mass is 1320 g/mol. The average Bonchev–Trinajstić information content (AvgIpc) is 1.06. The van der Waals surface area contributed by atoms with Crippen LogP contribution in [-0.2, 0) is 54.4 Å². The summed E-state index contributed by atoms with van der Waals surface area (Å²) in [6.45, 7) is 32.3. The molecule has 2 aromatic rings. The average molecular weight is 1320 g/mol. The van der Waals surface area contributed by atoms with Crippen LogP contribution >= 0.6 is 0 Å². The number of fused-ring (bicyclic) bond motifs is 1. The van der Waals surface area contributed by atoms with E-state index < -0.39 is 150 Å². The molecule has 10 amide bonds. The Morgan fingerprint density at radius 2 is 1.06 bits per heavy atom. The van der Waals surface area contributed by atoms with Gasteiger partial charge in [-0.15, -0.1) is 0 Å². The highest BCUT2D eigenvalue weighted by atomic mass is 16.3. The zero-order chi connectivity index (χ0) is 72.0. The molecule has 3 rings (SSSR count). The Morgan fingerprint density at radius 3 is 1.56 bits per heavy atom. The first-order valence-electron chi connectivity index (χ1n) is 33.2. The minimum absolute atomic E-state index is 0.0144. The number of H-pyrrole nitrogens is 1. The van der Waals surface area contributed by atoms with Gasteiger partial charge in [-0.25, -0.2) is 4.98 Å². The van der Waals surface area contributed by atoms with Crippen molar-refractivity contribution in [1.29, 1.82) is 5.41 Å². The Balaban J connectivity index is 2.33. The summed E-state index contributed by atoms with van der Waals surface area (Å²) in [4.78, 5) is 165. The Morgan fingerprint density at radius 1 is 0.574 bits per heavy atom. The topological polar surface area (TPSA) is 340 Å². The number of hydrogen-bond acceptors (Lipinski definition) is 14. The molecule has 0 radical (unpaired) electrons. The number of imidazole rings is 1. The van der Waals surface area contributed by atoms with Crippen molar-refractivity contribution in [1.82, 2.24) is 65.5 Å². The minimum Gasteiger partial charge on any atom is -0.390 e. The number of nitrogens with two attached hydrogens (primary N) is 1. The fourth-order valence-electron chi connectivity index (χ4n) is 12.1. The largest absolute Gasteiger partial charge is 0.390 e. The molecular weight excluding hydrogens is 1200 g/mol. The first-order valence-corrected chi connectivity index (χ1v) is 33.2. The summed E-state index contributed by atoms with van der Waals surface area (Å²) in [6.07, 6.45) is -0.781. The van der Waals surface area contributed by atoms with Crippen LogP contribution in [0.15, 0.2) is 30.5 Å². The van der Waals surface area contributed by atoms with Crippen molar-refractivity contribution in [2.24, 2.45) is 47.2 Å². The Kier molecular flexibility index (Phi) is 30.2. The van der Waals surface area contributed by atoms with E-state index in [0.717, 1.165) is 9.80 Å². The van der Waals surface area contributed by atoms with Crippen molar-refractivity contribution in [2.45, 2.75) is 216 Å². The zero-order valence-corrected chi connectivity index (χ0v) is 60.5. The van der Waals surface area contributed by atoms with E-state index in [9.17, 15) is 33.9 Å². The number of benzene rings is 1. The molecule has 26 heteroatoms. The van der Waals surface area contributed by atoms with Gasteiger partial charge in [0.2, 0.25) is 59.1 Å². The smallest absolute Gasteiger partial charge is 0.246 e. The zero-order valence-electron chi connectivity index (χ0n) is 60.5. The first kappa shape index (κ1) is 80.6. The maximum Gasteiger partial charge on any atom is 0.246 e. The maximum absolute atomic E-state index is 15.5. The maximum atomic E-state index is 15.5. The molecule has 1 saturated heterocycles. The standard InChI is InChI=1S/C68H115N15O11/c1-25-46-64(90)77(18)34-54(84)78(19)50(29-36(4)5)61(87)76-55(39(10)11)67(93)79(20)49(28-35(2)3)42(15)71-43(16)60(86)72-44(17)63(89)80(21)51(30-37(6)7)65(91)81(22)52(31-38(8)9)66(92)82(23)56(40(12)13)68(94)83(24)57(62(88)75-46)58(85)41(14)32-53-73-47-27-26-45(59(69)70)33-48(47)74-53/h26-27,33,35-41,43-44,46,49-52,55-58,71,85H,15,25,28-32,34H2,1-14,16-24H3,(H3,69,70)(H,72,86)(H,73,74)(H,75,88)(H,76,87)/t41-,43+,44-,46+,49+,50+,51+,52+,55+,56+,57+,58-/m1/s1. The second-order valence-electron chi connectivity index (χ2n) is 28.5. The highest BCUT2D eigenvalue weighted by Gasteiger charge is 2.46. The molecule has 94 heavy (non-hydrogen) atoms. The fraction of sp³-hybridized carbons (Fsp3) is 0.706. The van der Waals surface area contributed by atoms with Gasteiger partial charge in [0.25, 0.3) is 0 Å². The predicted molar refractivity (Wildman–Crippen MR) is 364 cm³/mol. The molecule has 12 atom stereocenters. The van der Waals surface area contributed by atoms with E-state index in [1.54, 1.807) is 73.7 Å². The minimum atomic E-state index is -1.73. The summed E-state index contributed by atoms with van der Waals surface area (Å²) in [5.41, 5.74) is 7.64. The lowest BCUT2D eigenvalue weighted by Crippen LogP contribution is -2.63. The van der Waals surface area contributed by atoms with E-state index in [4.69, 9.17) is 11.1 Å². The Labute approximate surface area is 558 Å². The van der Waals surface area contributed by atoms with Crippen molar-refractivity contribution in [3.05, 3.63) is 41.9 Å². The molecule has 0 unspecified atom stereocenters.